The molecule has 5 atom stereocenters. The predicted molar refractivity (Wildman–Crippen MR) is 103 cm³/mol. The number of esters is 2. The Morgan fingerprint density at radius 3 is 2.55 bits per heavy atom. The van der Waals surface area contributed by atoms with Crippen LogP contribution in [0.25, 0.3) is 0 Å². The summed E-state index contributed by atoms with van der Waals surface area (Å²) in [5.41, 5.74) is -3.58. The van der Waals surface area contributed by atoms with E-state index in [1.54, 1.807) is 26.0 Å². The van der Waals surface area contributed by atoms with E-state index >= 15 is 0 Å². The minimum atomic E-state index is -2.54. The number of aliphatic hydroxyl groups is 3. The predicted octanol–water partition coefficient (Wildman–Crippen LogP) is 0.317. The van der Waals surface area contributed by atoms with Gasteiger partial charge in [-0.2, -0.15) is 0 Å². The summed E-state index contributed by atoms with van der Waals surface area (Å²) >= 11 is 0. The Morgan fingerprint density at radius 1 is 1.41 bits per heavy atom. The second-order valence-corrected chi connectivity index (χ2v) is 8.36. The van der Waals surface area contributed by atoms with Crippen LogP contribution in [0.2, 0.25) is 0 Å². The first-order valence-corrected chi connectivity index (χ1v) is 9.68. The van der Waals surface area contributed by atoms with Gasteiger partial charge in [0, 0.05) is 17.6 Å². The molecule has 0 aliphatic carbocycles. The van der Waals surface area contributed by atoms with Gasteiger partial charge in [-0.05, 0) is 40.7 Å². The summed E-state index contributed by atoms with van der Waals surface area (Å²) < 4.78 is 10.1. The van der Waals surface area contributed by atoms with Gasteiger partial charge in [0.25, 0.3) is 0 Å². The molecule has 0 aromatic rings. The molecule has 29 heavy (non-hydrogen) atoms. The van der Waals surface area contributed by atoms with E-state index in [1.165, 1.54) is 20.8 Å². The second-order valence-electron chi connectivity index (χ2n) is 8.36. The summed E-state index contributed by atoms with van der Waals surface area (Å²) in [6.45, 7) is 7.00. The Hall–Kier alpha value is -1.78. The lowest BCUT2D eigenvalue weighted by atomic mass is 9.81. The smallest absolute Gasteiger partial charge is 0.344 e. The molecule has 2 aliphatic rings. The maximum absolute atomic E-state index is 13.0. The fraction of sp³-hybridized carbons (Fsp3) is 0.700. The lowest BCUT2D eigenvalue weighted by Crippen LogP contribution is -2.63. The fourth-order valence-electron chi connectivity index (χ4n) is 3.89. The molecule has 2 heterocycles. The van der Waals surface area contributed by atoms with Crippen molar-refractivity contribution in [2.75, 3.05) is 19.7 Å². The van der Waals surface area contributed by atoms with Gasteiger partial charge < -0.3 is 34.6 Å². The Bertz CT molecular complexity index is 722. The standard InChI is InChI=1S/C20H31NO8/c1-6-12(2)17(23)29-15-8-10-21(27)9-7-14(16(15)21)11-28-18(24)20(26,13(3)22)19(4,5)25/h6-7,13,15-16,22,25-26H,8-11H2,1-5H3/b12-6+/t13-,15+,16+,20?,21?/m0/s1. The highest BCUT2D eigenvalue weighted by atomic mass is 16.6. The lowest BCUT2D eigenvalue weighted by molar-refractivity contribution is -0.877. The van der Waals surface area contributed by atoms with Gasteiger partial charge in [0.2, 0.25) is 5.60 Å². The SMILES string of the molecule is C/C=C(\C)C(=O)O[C@@H]1CC[N+]2([O-])CC=C(COC(=O)C(O)([C@H](C)O)C(C)(C)O)[C@H]12. The van der Waals surface area contributed by atoms with Crippen molar-refractivity contribution in [3.63, 3.8) is 0 Å². The number of hydrogen-bond acceptors (Lipinski definition) is 8. The third-order valence-corrected chi connectivity index (χ3v) is 5.93. The number of rotatable bonds is 7. The maximum atomic E-state index is 13.0. The molecule has 0 aromatic heterocycles. The van der Waals surface area contributed by atoms with Crippen LogP contribution < -0.4 is 0 Å². The molecular weight excluding hydrogens is 382 g/mol. The molecular formula is C20H31NO8. The van der Waals surface area contributed by atoms with Gasteiger partial charge >= 0.3 is 11.9 Å². The van der Waals surface area contributed by atoms with Crippen molar-refractivity contribution in [3.8, 4) is 0 Å². The van der Waals surface area contributed by atoms with Crippen molar-refractivity contribution in [2.45, 2.75) is 70.5 Å². The molecule has 9 heteroatoms. The molecule has 9 nitrogen and oxygen atoms in total. The molecule has 0 aromatic carbocycles. The molecule has 0 radical (unpaired) electrons. The van der Waals surface area contributed by atoms with E-state index in [-0.39, 0.29) is 19.7 Å². The zero-order valence-electron chi connectivity index (χ0n) is 17.5. The highest BCUT2D eigenvalue weighted by molar-refractivity contribution is 5.87. The highest BCUT2D eigenvalue weighted by Crippen LogP contribution is 2.38. The third kappa shape index (κ3) is 4.24. The minimum Gasteiger partial charge on any atom is -0.632 e. The monoisotopic (exact) mass is 413 g/mol. The third-order valence-electron chi connectivity index (χ3n) is 5.93. The fourth-order valence-corrected chi connectivity index (χ4v) is 3.89. The Morgan fingerprint density at radius 2 is 2.03 bits per heavy atom. The molecule has 164 valence electrons. The second kappa shape index (κ2) is 8.16. The highest BCUT2D eigenvalue weighted by Gasteiger charge is 2.55. The largest absolute Gasteiger partial charge is 0.632 e. The van der Waals surface area contributed by atoms with Crippen molar-refractivity contribution in [1.29, 1.82) is 0 Å². The van der Waals surface area contributed by atoms with E-state index in [4.69, 9.17) is 9.47 Å². The summed E-state index contributed by atoms with van der Waals surface area (Å²) in [4.78, 5) is 24.6. The average molecular weight is 413 g/mol. The van der Waals surface area contributed by atoms with Crippen LogP contribution in [-0.2, 0) is 19.1 Å². The lowest BCUT2D eigenvalue weighted by Gasteiger charge is -2.41. The normalized spacial score (nSPS) is 30.2. The van der Waals surface area contributed by atoms with Crippen LogP contribution in [0.4, 0.5) is 0 Å². The van der Waals surface area contributed by atoms with Crippen LogP contribution in [0.15, 0.2) is 23.3 Å². The topological polar surface area (TPSA) is 136 Å². The van der Waals surface area contributed by atoms with Crippen molar-refractivity contribution in [1.82, 2.24) is 0 Å². The first-order valence-electron chi connectivity index (χ1n) is 9.68. The number of carbonyl (C=O) groups excluding carboxylic acids is 2. The van der Waals surface area contributed by atoms with Crippen LogP contribution in [0.3, 0.4) is 0 Å². The maximum Gasteiger partial charge on any atom is 0.344 e. The number of hydroxylamine groups is 3. The number of aliphatic hydroxyl groups excluding tert-OH is 1. The van der Waals surface area contributed by atoms with Crippen LogP contribution in [0.1, 0.15) is 41.0 Å². The molecule has 0 bridgehead atoms. The van der Waals surface area contributed by atoms with Crippen LogP contribution >= 0.6 is 0 Å². The first kappa shape index (κ1) is 23.5. The van der Waals surface area contributed by atoms with Crippen molar-refractivity contribution in [3.05, 3.63) is 28.5 Å². The van der Waals surface area contributed by atoms with E-state index in [0.717, 1.165) is 0 Å². The number of fused-ring (bicyclic) bond motifs is 1. The van der Waals surface area contributed by atoms with E-state index in [2.05, 4.69) is 0 Å². The van der Waals surface area contributed by atoms with Gasteiger partial charge in [-0.1, -0.05) is 6.08 Å². The number of quaternary nitrogens is 1. The number of carbonyl (C=O) groups is 2. The Labute approximate surface area is 170 Å². The molecule has 2 rings (SSSR count). The summed E-state index contributed by atoms with van der Waals surface area (Å²) in [6, 6.07) is -0.696. The zero-order valence-corrected chi connectivity index (χ0v) is 17.5. The molecule has 1 saturated heterocycles. The Balaban J connectivity index is 2.13. The molecule has 0 spiro atoms. The number of nitrogens with zero attached hydrogens (tertiary/aromatic N) is 1. The van der Waals surface area contributed by atoms with Gasteiger partial charge in [-0.15, -0.1) is 0 Å². The molecule has 1 fully saturated rings. The van der Waals surface area contributed by atoms with Crippen LogP contribution in [0, 0.1) is 5.21 Å². The van der Waals surface area contributed by atoms with Crippen LogP contribution in [0.5, 0.6) is 0 Å². The summed E-state index contributed by atoms with van der Waals surface area (Å²) in [6.07, 6.45) is 1.43. The summed E-state index contributed by atoms with van der Waals surface area (Å²) in [7, 11) is 0. The molecule has 0 saturated carbocycles. The van der Waals surface area contributed by atoms with Gasteiger partial charge in [-0.25, -0.2) is 9.59 Å². The first-order chi connectivity index (χ1) is 13.3. The number of hydrogen-bond donors (Lipinski definition) is 3. The van der Waals surface area contributed by atoms with Gasteiger partial charge in [0.1, 0.15) is 12.2 Å². The average Bonchev–Trinajstić information content (AvgIpc) is 3.12. The van der Waals surface area contributed by atoms with E-state index in [9.17, 15) is 30.1 Å². The summed E-state index contributed by atoms with van der Waals surface area (Å²) in [5.74, 6) is -1.70. The molecule has 0 amide bonds. The molecule has 3 N–H and O–H groups in total. The van der Waals surface area contributed by atoms with Gasteiger partial charge in [-0.3, -0.25) is 0 Å². The van der Waals surface area contributed by atoms with Crippen molar-refractivity contribution >= 4 is 11.9 Å². The van der Waals surface area contributed by atoms with Crippen molar-refractivity contribution < 1.29 is 39.0 Å². The van der Waals surface area contributed by atoms with Gasteiger partial charge in [0.15, 0.2) is 12.1 Å². The zero-order chi connectivity index (χ0) is 22.2. The molecule has 2 unspecified atom stereocenters. The van der Waals surface area contributed by atoms with E-state index < -0.39 is 46.0 Å². The van der Waals surface area contributed by atoms with Gasteiger partial charge in [0.05, 0.1) is 19.2 Å². The number of ether oxygens (including phenoxy) is 2. The van der Waals surface area contributed by atoms with E-state index in [0.29, 0.717) is 17.6 Å². The van der Waals surface area contributed by atoms with Crippen LogP contribution in [-0.4, -0.2) is 81.1 Å². The van der Waals surface area contributed by atoms with E-state index in [1.807, 2.05) is 0 Å². The number of allylic oxidation sites excluding steroid dienone is 1. The van der Waals surface area contributed by atoms with Crippen molar-refractivity contribution in [2.24, 2.45) is 0 Å². The molecule has 2 aliphatic heterocycles. The summed E-state index contributed by atoms with van der Waals surface area (Å²) in [5, 5.41) is 43.5. The Kier molecular flexibility index (Phi) is 6.61. The quantitative estimate of drug-likeness (QED) is 0.178. The minimum absolute atomic E-state index is 0.167.